The molecule has 0 bridgehead atoms. The normalized spacial score (nSPS) is 18.1. The fourth-order valence-electron chi connectivity index (χ4n) is 1.58. The number of nitrogens with zero attached hydrogens (tertiary/aromatic N) is 1. The van der Waals surface area contributed by atoms with Gasteiger partial charge in [0, 0.05) is 0 Å². The van der Waals surface area contributed by atoms with E-state index in [4.69, 9.17) is 4.74 Å². The topological polar surface area (TPSA) is 84.9 Å². The van der Waals surface area contributed by atoms with Crippen LogP contribution in [0.2, 0.25) is 0 Å². The lowest BCUT2D eigenvalue weighted by atomic mass is 10.1. The molecule has 1 N–H and O–H groups in total. The second kappa shape index (κ2) is 6.53. The summed E-state index contributed by atoms with van der Waals surface area (Å²) in [6.07, 6.45) is 2.90. The highest BCUT2D eigenvalue weighted by Crippen LogP contribution is 2.10. The Balaban J connectivity index is 2.36. The number of carbonyl (C=O) groups is 1. The molecule has 1 fully saturated rings. The highest BCUT2D eigenvalue weighted by molar-refractivity contribution is 7.86. The van der Waals surface area contributed by atoms with Crippen LogP contribution in [0.5, 0.6) is 0 Å². The lowest BCUT2D eigenvalue weighted by molar-refractivity contribution is 0.0294. The zero-order valence-corrected chi connectivity index (χ0v) is 12.3. The molecular formula is C11H21N2O5S. The third kappa shape index (κ3) is 7.34. The average molecular weight is 293 g/mol. The molecule has 8 heteroatoms. The van der Waals surface area contributed by atoms with Gasteiger partial charge in [0.25, 0.3) is 0 Å². The van der Waals surface area contributed by atoms with Crippen LogP contribution in [0.3, 0.4) is 0 Å². The minimum Gasteiger partial charge on any atom is -0.442 e. The first-order chi connectivity index (χ1) is 8.68. The minimum atomic E-state index is -3.83. The molecule has 0 saturated carbocycles. The summed E-state index contributed by atoms with van der Waals surface area (Å²) in [5, 5.41) is 0. The SMILES string of the molecule is CC(C)(C)OC(=O)NOS(=O)(=O)CN1CC[CH]CC1. The molecule has 1 radical (unpaired) electrons. The molecule has 1 heterocycles. The van der Waals surface area contributed by atoms with E-state index in [9.17, 15) is 13.2 Å². The van der Waals surface area contributed by atoms with E-state index in [1.807, 2.05) is 0 Å². The number of hydrogen-bond donors (Lipinski definition) is 1. The van der Waals surface area contributed by atoms with Gasteiger partial charge in [-0.2, -0.15) is 13.9 Å². The maximum absolute atomic E-state index is 11.6. The standard InChI is InChI=1S/C11H21N2O5S/c1-11(2,3)17-10(14)12-18-19(15,16)9-13-7-5-4-6-8-13/h4H,5-9H2,1-3H3,(H,12,14). The van der Waals surface area contributed by atoms with Crippen molar-refractivity contribution in [3.05, 3.63) is 6.42 Å². The number of carbonyl (C=O) groups excluding carboxylic acids is 1. The van der Waals surface area contributed by atoms with Crippen LogP contribution >= 0.6 is 0 Å². The fourth-order valence-corrected chi connectivity index (χ4v) is 2.53. The molecule has 1 aliphatic rings. The predicted molar refractivity (Wildman–Crippen MR) is 69.3 cm³/mol. The molecule has 0 spiro atoms. The molecule has 0 atom stereocenters. The Hall–Kier alpha value is -0.860. The quantitative estimate of drug-likeness (QED) is 0.779. The Morgan fingerprint density at radius 1 is 1.32 bits per heavy atom. The third-order valence-electron chi connectivity index (χ3n) is 2.29. The summed E-state index contributed by atoms with van der Waals surface area (Å²) in [4.78, 5) is 13.0. The van der Waals surface area contributed by atoms with E-state index in [1.165, 1.54) is 0 Å². The number of amides is 1. The van der Waals surface area contributed by atoms with Gasteiger partial charge in [-0.15, -0.1) is 4.28 Å². The first-order valence-corrected chi connectivity index (χ1v) is 7.70. The first-order valence-electron chi connectivity index (χ1n) is 6.12. The van der Waals surface area contributed by atoms with E-state index >= 15 is 0 Å². The Bertz CT molecular complexity index is 396. The Kier molecular flexibility index (Phi) is 5.57. The molecule has 0 aromatic rings. The Morgan fingerprint density at radius 2 is 1.89 bits per heavy atom. The summed E-state index contributed by atoms with van der Waals surface area (Å²) in [6.45, 7) is 6.37. The third-order valence-corrected chi connectivity index (χ3v) is 3.31. The number of piperidine rings is 1. The molecule has 0 aromatic carbocycles. The Labute approximate surface area is 114 Å². The van der Waals surface area contributed by atoms with Gasteiger partial charge >= 0.3 is 16.2 Å². The van der Waals surface area contributed by atoms with Gasteiger partial charge in [-0.25, -0.2) is 4.79 Å². The van der Waals surface area contributed by atoms with Crippen molar-refractivity contribution in [3.8, 4) is 0 Å². The maximum Gasteiger partial charge on any atom is 0.432 e. The second-order valence-electron chi connectivity index (χ2n) is 5.36. The van der Waals surface area contributed by atoms with E-state index < -0.39 is 21.8 Å². The van der Waals surface area contributed by atoms with E-state index in [0.29, 0.717) is 13.1 Å². The van der Waals surface area contributed by atoms with Crippen molar-refractivity contribution >= 4 is 16.2 Å². The van der Waals surface area contributed by atoms with Gasteiger partial charge in [0.2, 0.25) is 0 Å². The molecule has 0 aliphatic carbocycles. The largest absolute Gasteiger partial charge is 0.442 e. The maximum atomic E-state index is 11.6. The summed E-state index contributed by atoms with van der Waals surface area (Å²) >= 11 is 0. The molecule has 1 aliphatic heterocycles. The lowest BCUT2D eigenvalue weighted by Crippen LogP contribution is -2.39. The van der Waals surface area contributed by atoms with E-state index in [1.54, 1.807) is 31.2 Å². The second-order valence-corrected chi connectivity index (χ2v) is 6.90. The highest BCUT2D eigenvalue weighted by Gasteiger charge is 2.22. The summed E-state index contributed by atoms with van der Waals surface area (Å²) in [5.41, 5.74) is 1.08. The van der Waals surface area contributed by atoms with Gasteiger partial charge in [0.1, 0.15) is 11.5 Å². The van der Waals surface area contributed by atoms with E-state index in [2.05, 4.69) is 10.7 Å². The van der Waals surface area contributed by atoms with Gasteiger partial charge in [0.15, 0.2) is 0 Å². The minimum absolute atomic E-state index is 0.239. The molecule has 1 amide bonds. The molecule has 19 heavy (non-hydrogen) atoms. The number of likely N-dealkylation sites (tertiary alicyclic amines) is 1. The number of hydrogen-bond acceptors (Lipinski definition) is 6. The van der Waals surface area contributed by atoms with Crippen molar-refractivity contribution in [2.75, 3.05) is 19.0 Å². The number of ether oxygens (including phenoxy) is 1. The van der Waals surface area contributed by atoms with Crippen molar-refractivity contribution in [2.24, 2.45) is 0 Å². The summed E-state index contributed by atoms with van der Waals surface area (Å²) in [6, 6.07) is 0. The van der Waals surface area contributed by atoms with Crippen molar-refractivity contribution in [1.29, 1.82) is 0 Å². The van der Waals surface area contributed by atoms with Crippen LogP contribution in [0.15, 0.2) is 0 Å². The zero-order valence-electron chi connectivity index (χ0n) is 11.5. The van der Waals surface area contributed by atoms with Gasteiger partial charge in [0.05, 0.1) is 0 Å². The van der Waals surface area contributed by atoms with Crippen LogP contribution < -0.4 is 5.48 Å². The van der Waals surface area contributed by atoms with Crippen molar-refractivity contribution in [1.82, 2.24) is 10.4 Å². The Morgan fingerprint density at radius 3 is 2.42 bits per heavy atom. The number of hydroxylamine groups is 1. The van der Waals surface area contributed by atoms with Crippen molar-refractivity contribution in [3.63, 3.8) is 0 Å². The van der Waals surface area contributed by atoms with Crippen LogP contribution in [-0.2, 0) is 19.1 Å². The smallest absolute Gasteiger partial charge is 0.432 e. The molecule has 111 valence electrons. The first kappa shape index (κ1) is 16.2. The van der Waals surface area contributed by atoms with E-state index in [0.717, 1.165) is 12.8 Å². The van der Waals surface area contributed by atoms with Crippen LogP contribution in [0.25, 0.3) is 0 Å². The van der Waals surface area contributed by atoms with Crippen molar-refractivity contribution in [2.45, 2.75) is 39.2 Å². The summed E-state index contributed by atoms with van der Waals surface area (Å²) < 4.78 is 32.5. The number of nitrogens with one attached hydrogen (secondary N) is 1. The summed E-state index contributed by atoms with van der Waals surface area (Å²) in [7, 11) is -3.83. The molecule has 1 saturated heterocycles. The summed E-state index contributed by atoms with van der Waals surface area (Å²) in [5.74, 6) is -0.239. The highest BCUT2D eigenvalue weighted by atomic mass is 32.2. The van der Waals surface area contributed by atoms with E-state index in [-0.39, 0.29) is 5.88 Å². The average Bonchev–Trinajstić information content (AvgIpc) is 2.25. The van der Waals surface area contributed by atoms with Gasteiger partial charge in [-0.05, 0) is 53.1 Å². The molecule has 1 rings (SSSR count). The monoisotopic (exact) mass is 293 g/mol. The van der Waals surface area contributed by atoms with Gasteiger partial charge in [-0.3, -0.25) is 4.90 Å². The molecular weight excluding hydrogens is 272 g/mol. The molecule has 0 unspecified atom stereocenters. The molecule has 7 nitrogen and oxygen atoms in total. The van der Waals surface area contributed by atoms with Gasteiger partial charge < -0.3 is 4.74 Å². The van der Waals surface area contributed by atoms with Crippen molar-refractivity contribution < 1.29 is 22.2 Å². The lowest BCUT2D eigenvalue weighted by Gasteiger charge is -2.25. The van der Waals surface area contributed by atoms with Crippen LogP contribution in [0.1, 0.15) is 33.6 Å². The predicted octanol–water partition coefficient (Wildman–Crippen LogP) is 1.03. The van der Waals surface area contributed by atoms with Crippen LogP contribution in [0, 0.1) is 6.42 Å². The fraction of sp³-hybridized carbons (Fsp3) is 0.818. The number of rotatable bonds is 4. The zero-order chi connectivity index (χ0) is 14.5. The van der Waals surface area contributed by atoms with Gasteiger partial charge in [-0.1, -0.05) is 0 Å². The molecule has 0 aromatic heterocycles. The van der Waals surface area contributed by atoms with Crippen LogP contribution in [-0.4, -0.2) is 44.0 Å². The van der Waals surface area contributed by atoms with Crippen LogP contribution in [0.4, 0.5) is 4.79 Å².